The molecule has 0 bridgehead atoms. The zero-order valence-electron chi connectivity index (χ0n) is 16.7. The van der Waals surface area contributed by atoms with Crippen LogP contribution in [0.15, 0.2) is 36.4 Å². The first-order chi connectivity index (χ1) is 13.7. The number of fused-ring (bicyclic) bond motifs is 1. The van der Waals surface area contributed by atoms with Crippen molar-refractivity contribution in [3.05, 3.63) is 64.5 Å². The quantitative estimate of drug-likeness (QED) is 0.743. The zero-order chi connectivity index (χ0) is 21.8. The first-order valence-electron chi connectivity index (χ1n) is 9.18. The largest absolute Gasteiger partial charge is 0.415 e. The molecule has 0 unspecified atom stereocenters. The molecule has 2 aromatic carbocycles. The maximum Gasteiger partial charge on any atom is 0.415 e. The van der Waals surface area contributed by atoms with Gasteiger partial charge in [0, 0.05) is 28.0 Å². The second-order valence-electron chi connectivity index (χ2n) is 6.25. The van der Waals surface area contributed by atoms with Crippen LogP contribution in [0.1, 0.15) is 40.4 Å². The first kappa shape index (κ1) is 22.3. The van der Waals surface area contributed by atoms with E-state index in [-0.39, 0.29) is 23.1 Å². The molecule has 0 fully saturated rings. The van der Waals surface area contributed by atoms with Crippen LogP contribution in [0.3, 0.4) is 0 Å². The summed E-state index contributed by atoms with van der Waals surface area (Å²) in [5.41, 5.74) is 0.697. The number of halogens is 3. The number of rotatable bonds is 4. The number of likely N-dealkylation sites (N-methyl/N-ethyl adjacent to an activating group) is 1. The van der Waals surface area contributed by atoms with Gasteiger partial charge in [-0.2, -0.15) is 8.78 Å². The molecular formula is C21H29F3N2O3. The molecule has 3 rings (SSSR count). The smallest absolute Gasteiger partial charge is 0.410 e. The highest BCUT2D eigenvalue weighted by Gasteiger charge is 2.41. The summed E-state index contributed by atoms with van der Waals surface area (Å²) >= 11 is 0. The first-order valence-corrected chi connectivity index (χ1v) is 9.18. The Balaban J connectivity index is 0. The van der Waals surface area contributed by atoms with E-state index in [4.69, 9.17) is 4.74 Å². The van der Waals surface area contributed by atoms with Crippen molar-refractivity contribution in [3.8, 4) is 5.75 Å². The van der Waals surface area contributed by atoms with E-state index in [1.54, 1.807) is 25.1 Å². The van der Waals surface area contributed by atoms with Crippen molar-refractivity contribution >= 4 is 12.0 Å². The average Bonchev–Trinajstić information content (AvgIpc) is 2.72. The molecule has 0 radical (unpaired) electrons. The molecule has 0 spiro atoms. The zero-order valence-corrected chi connectivity index (χ0v) is 16.7. The molecule has 0 aromatic heterocycles. The highest BCUT2D eigenvalue weighted by molar-refractivity contribution is 5.85. The molecule has 0 atom stereocenters. The summed E-state index contributed by atoms with van der Waals surface area (Å²) in [5.74, 6) is -5.65. The second kappa shape index (κ2) is 8.98. The van der Waals surface area contributed by atoms with Gasteiger partial charge in [0.05, 0.1) is 13.1 Å². The van der Waals surface area contributed by atoms with Gasteiger partial charge in [0.2, 0.25) is 0 Å². The summed E-state index contributed by atoms with van der Waals surface area (Å²) in [6.07, 6.45) is -0.774. The minimum atomic E-state index is -3.75. The SMILES string of the molecule is CC.CNC(=O)C(F)(F)c1ccc2c(c1)OC(=O)N(Cc1cccc(C)c1F)C2.[HH].[HH].[HH]. The Bertz CT molecular complexity index is 930. The van der Waals surface area contributed by atoms with E-state index < -0.39 is 29.3 Å². The van der Waals surface area contributed by atoms with E-state index >= 15 is 0 Å². The van der Waals surface area contributed by atoms with Crippen LogP contribution in [0, 0.1) is 12.7 Å². The summed E-state index contributed by atoms with van der Waals surface area (Å²) < 4.78 is 47.4. The van der Waals surface area contributed by atoms with Gasteiger partial charge in [0.15, 0.2) is 0 Å². The molecule has 0 saturated heterocycles. The molecule has 5 nitrogen and oxygen atoms in total. The lowest BCUT2D eigenvalue weighted by atomic mass is 10.0. The molecule has 1 N–H and O–H groups in total. The van der Waals surface area contributed by atoms with Gasteiger partial charge < -0.3 is 10.1 Å². The van der Waals surface area contributed by atoms with Crippen molar-refractivity contribution in [2.75, 3.05) is 7.05 Å². The molecule has 0 aliphatic carbocycles. The van der Waals surface area contributed by atoms with Crippen LogP contribution in [0.5, 0.6) is 5.75 Å². The number of nitrogens with zero attached hydrogens (tertiary/aromatic N) is 1. The van der Waals surface area contributed by atoms with Gasteiger partial charge in [-0.25, -0.2) is 9.18 Å². The summed E-state index contributed by atoms with van der Waals surface area (Å²) in [6, 6.07) is 8.33. The van der Waals surface area contributed by atoms with Crippen molar-refractivity contribution in [1.82, 2.24) is 10.2 Å². The van der Waals surface area contributed by atoms with Crippen LogP contribution >= 0.6 is 0 Å². The summed E-state index contributed by atoms with van der Waals surface area (Å²) in [6.45, 7) is 5.69. The van der Waals surface area contributed by atoms with E-state index in [9.17, 15) is 22.8 Å². The fraction of sp³-hybridized carbons (Fsp3) is 0.333. The number of alkyl halides is 2. The predicted octanol–water partition coefficient (Wildman–Crippen LogP) is 5.25. The maximum atomic E-state index is 14.2. The number of aryl methyl sites for hydroxylation is 1. The number of hydrogen-bond acceptors (Lipinski definition) is 3. The molecule has 2 aromatic rings. The minimum Gasteiger partial charge on any atom is -0.410 e. The Labute approximate surface area is 171 Å². The van der Waals surface area contributed by atoms with E-state index in [1.165, 1.54) is 11.0 Å². The Morgan fingerprint density at radius 3 is 2.62 bits per heavy atom. The Morgan fingerprint density at radius 2 is 1.97 bits per heavy atom. The maximum absolute atomic E-state index is 14.2. The Morgan fingerprint density at radius 1 is 1.28 bits per heavy atom. The number of benzene rings is 2. The molecule has 8 heteroatoms. The topological polar surface area (TPSA) is 58.6 Å². The van der Waals surface area contributed by atoms with Crippen LogP contribution in [0.25, 0.3) is 0 Å². The molecule has 162 valence electrons. The third-order valence-corrected chi connectivity index (χ3v) is 4.39. The van der Waals surface area contributed by atoms with Crippen molar-refractivity contribution in [2.45, 2.75) is 39.8 Å². The summed E-state index contributed by atoms with van der Waals surface area (Å²) in [7, 11) is 1.11. The molecule has 29 heavy (non-hydrogen) atoms. The van der Waals surface area contributed by atoms with E-state index in [0.29, 0.717) is 16.7 Å². The van der Waals surface area contributed by atoms with Gasteiger partial charge in [0.1, 0.15) is 11.6 Å². The van der Waals surface area contributed by atoms with Crippen molar-refractivity contribution in [1.29, 1.82) is 0 Å². The summed E-state index contributed by atoms with van der Waals surface area (Å²) in [5, 5.41) is 1.90. The molecular weight excluding hydrogens is 385 g/mol. The van der Waals surface area contributed by atoms with Gasteiger partial charge in [-0.15, -0.1) is 0 Å². The van der Waals surface area contributed by atoms with Gasteiger partial charge in [0.25, 0.3) is 5.91 Å². The van der Waals surface area contributed by atoms with Gasteiger partial charge >= 0.3 is 12.0 Å². The van der Waals surface area contributed by atoms with Crippen LogP contribution < -0.4 is 10.1 Å². The third-order valence-electron chi connectivity index (χ3n) is 4.39. The highest BCUT2D eigenvalue weighted by Crippen LogP contribution is 2.35. The van der Waals surface area contributed by atoms with Gasteiger partial charge in [-0.3, -0.25) is 9.69 Å². The van der Waals surface area contributed by atoms with E-state index in [1.807, 2.05) is 19.2 Å². The normalized spacial score (nSPS) is 13.1. The van der Waals surface area contributed by atoms with Crippen LogP contribution in [-0.4, -0.2) is 23.9 Å². The van der Waals surface area contributed by atoms with Crippen molar-refractivity contribution < 1.29 is 31.8 Å². The van der Waals surface area contributed by atoms with E-state index in [2.05, 4.69) is 0 Å². The van der Waals surface area contributed by atoms with Gasteiger partial charge in [-0.1, -0.05) is 44.2 Å². The van der Waals surface area contributed by atoms with Gasteiger partial charge in [-0.05, 0) is 18.6 Å². The van der Waals surface area contributed by atoms with Crippen LogP contribution in [0.4, 0.5) is 18.0 Å². The van der Waals surface area contributed by atoms with Crippen LogP contribution in [-0.2, 0) is 23.8 Å². The number of ether oxygens (including phenoxy) is 1. The monoisotopic (exact) mass is 414 g/mol. The average molecular weight is 414 g/mol. The fourth-order valence-electron chi connectivity index (χ4n) is 2.85. The van der Waals surface area contributed by atoms with Crippen molar-refractivity contribution in [2.24, 2.45) is 0 Å². The molecule has 1 heterocycles. The second-order valence-corrected chi connectivity index (χ2v) is 6.25. The Hall–Kier alpha value is -3.03. The molecule has 1 aliphatic rings. The minimum absolute atomic E-state index is 0. The lowest BCUT2D eigenvalue weighted by molar-refractivity contribution is -0.146. The number of carbonyl (C=O) groups excluding carboxylic acids is 2. The van der Waals surface area contributed by atoms with Crippen LogP contribution in [0.2, 0.25) is 0 Å². The fourth-order valence-corrected chi connectivity index (χ4v) is 2.85. The Kier molecular flexibility index (Phi) is 6.89. The highest BCUT2D eigenvalue weighted by atomic mass is 19.3. The number of hydrogen-bond donors (Lipinski definition) is 1. The van der Waals surface area contributed by atoms with E-state index in [0.717, 1.165) is 19.2 Å². The summed E-state index contributed by atoms with van der Waals surface area (Å²) in [4.78, 5) is 24.9. The molecule has 2 amide bonds. The van der Waals surface area contributed by atoms with Crippen molar-refractivity contribution in [3.63, 3.8) is 0 Å². The number of carbonyl (C=O) groups is 2. The molecule has 0 saturated carbocycles. The predicted molar refractivity (Wildman–Crippen MR) is 109 cm³/mol. The lowest BCUT2D eigenvalue weighted by Gasteiger charge is -2.29. The number of amides is 2. The third kappa shape index (κ3) is 4.52. The lowest BCUT2D eigenvalue weighted by Crippen LogP contribution is -2.38. The standard InChI is InChI=1S/C19H17F3N2O3.C2H6.3H2/c1-11-4-3-5-13(16(11)20)10-24-9-12-6-7-14(8-15(12)27-18(24)26)19(21,22)17(25)23-2;1-2;;;/h3-8H,9-10H2,1-2H3,(H,23,25);1-2H3;3*1H. The molecule has 1 aliphatic heterocycles. The number of nitrogens with one attached hydrogen (secondary N) is 1.